The van der Waals surface area contributed by atoms with Crippen LogP contribution in [0.1, 0.15) is 19.3 Å². The molecule has 122 valence electrons. The van der Waals surface area contributed by atoms with Crippen LogP contribution in [-0.2, 0) is 4.74 Å². The van der Waals surface area contributed by atoms with Crippen LogP contribution in [0.15, 0.2) is 18.2 Å². The Morgan fingerprint density at radius 3 is 2.74 bits per heavy atom. The van der Waals surface area contributed by atoms with Gasteiger partial charge in [0.15, 0.2) is 5.82 Å². The molecule has 4 rings (SSSR count). The van der Waals surface area contributed by atoms with Crippen molar-refractivity contribution in [1.29, 1.82) is 0 Å². The molecule has 2 aliphatic rings. The monoisotopic (exact) mass is 337 g/mol. The molecule has 4 nitrogen and oxygen atoms in total. The molecule has 1 unspecified atom stereocenters. The van der Waals surface area contributed by atoms with Gasteiger partial charge in [-0.15, -0.1) is 0 Å². The summed E-state index contributed by atoms with van der Waals surface area (Å²) in [7, 11) is 0. The van der Waals surface area contributed by atoms with Gasteiger partial charge >= 0.3 is 0 Å². The number of hydrogen-bond acceptors (Lipinski definition) is 5. The molecule has 0 aliphatic carbocycles. The van der Waals surface area contributed by atoms with Gasteiger partial charge in [-0.3, -0.25) is 0 Å². The minimum Gasteiger partial charge on any atom is -0.381 e. The van der Waals surface area contributed by atoms with E-state index in [4.69, 9.17) is 4.74 Å². The van der Waals surface area contributed by atoms with E-state index in [2.05, 4.69) is 14.3 Å². The van der Waals surface area contributed by atoms with E-state index in [-0.39, 0.29) is 5.41 Å². The van der Waals surface area contributed by atoms with Crippen LogP contribution in [0.4, 0.5) is 13.9 Å². The summed E-state index contributed by atoms with van der Waals surface area (Å²) in [5.41, 5.74) is 0.606. The van der Waals surface area contributed by atoms with Gasteiger partial charge in [0.25, 0.3) is 0 Å². The van der Waals surface area contributed by atoms with Gasteiger partial charge in [0.2, 0.25) is 5.13 Å². The van der Waals surface area contributed by atoms with Crippen molar-refractivity contribution < 1.29 is 13.5 Å². The molecule has 0 saturated carbocycles. The predicted molar refractivity (Wildman–Crippen MR) is 84.6 cm³/mol. The van der Waals surface area contributed by atoms with E-state index in [0.717, 1.165) is 50.3 Å². The molecule has 7 heteroatoms. The molecular formula is C16H17F2N3OS. The molecule has 2 fully saturated rings. The summed E-state index contributed by atoms with van der Waals surface area (Å²) in [6.45, 7) is 3.51. The Balaban J connectivity index is 1.54. The lowest BCUT2D eigenvalue weighted by atomic mass is 9.82. The maximum absolute atomic E-state index is 13.3. The van der Waals surface area contributed by atoms with Crippen molar-refractivity contribution in [2.45, 2.75) is 19.3 Å². The number of aromatic nitrogens is 2. The van der Waals surface area contributed by atoms with Crippen LogP contribution in [0.2, 0.25) is 0 Å². The Bertz CT molecular complexity index is 695. The maximum Gasteiger partial charge on any atom is 0.205 e. The zero-order chi connectivity index (χ0) is 15.9. The van der Waals surface area contributed by atoms with Gasteiger partial charge in [-0.25, -0.2) is 8.78 Å². The number of halogens is 2. The van der Waals surface area contributed by atoms with Gasteiger partial charge in [-0.1, -0.05) is 0 Å². The van der Waals surface area contributed by atoms with E-state index >= 15 is 0 Å². The third kappa shape index (κ3) is 2.95. The number of hydrogen-bond donors (Lipinski definition) is 0. The first-order valence-corrected chi connectivity index (χ1v) is 8.54. The lowest BCUT2D eigenvalue weighted by molar-refractivity contribution is 0.00439. The van der Waals surface area contributed by atoms with E-state index in [9.17, 15) is 8.78 Å². The highest BCUT2D eigenvalue weighted by Gasteiger charge is 2.40. The van der Waals surface area contributed by atoms with E-state index < -0.39 is 11.6 Å². The third-order valence-electron chi connectivity index (χ3n) is 4.65. The molecule has 0 bridgehead atoms. The number of nitrogens with zero attached hydrogens (tertiary/aromatic N) is 3. The first kappa shape index (κ1) is 15.0. The molecule has 3 heterocycles. The average Bonchev–Trinajstić information content (AvgIpc) is 3.15. The molecule has 0 N–H and O–H groups in total. The average molecular weight is 337 g/mol. The zero-order valence-electron chi connectivity index (χ0n) is 12.6. The molecule has 1 spiro atoms. The van der Waals surface area contributed by atoms with Crippen molar-refractivity contribution >= 4 is 16.7 Å². The van der Waals surface area contributed by atoms with Crippen molar-refractivity contribution in [2.24, 2.45) is 5.41 Å². The number of ether oxygens (including phenoxy) is 1. The molecule has 0 amide bonds. The highest BCUT2D eigenvalue weighted by molar-refractivity contribution is 7.09. The Morgan fingerprint density at radius 1 is 1.17 bits per heavy atom. The van der Waals surface area contributed by atoms with Crippen LogP contribution in [0, 0.1) is 17.0 Å². The molecular weight excluding hydrogens is 320 g/mol. The quantitative estimate of drug-likeness (QED) is 0.841. The van der Waals surface area contributed by atoms with Crippen LogP contribution >= 0.6 is 11.5 Å². The summed E-state index contributed by atoms with van der Waals surface area (Å²) in [5, 5.41) is 0.812. The maximum atomic E-state index is 13.3. The summed E-state index contributed by atoms with van der Waals surface area (Å²) in [6, 6.07) is 3.37. The van der Waals surface area contributed by atoms with Gasteiger partial charge < -0.3 is 9.64 Å². The summed E-state index contributed by atoms with van der Waals surface area (Å²) < 4.78 is 36.6. The van der Waals surface area contributed by atoms with Crippen LogP contribution < -0.4 is 4.90 Å². The first-order chi connectivity index (χ1) is 11.1. The van der Waals surface area contributed by atoms with Crippen molar-refractivity contribution in [1.82, 2.24) is 9.36 Å². The third-order valence-corrected chi connectivity index (χ3v) is 5.43. The Morgan fingerprint density at radius 2 is 2.00 bits per heavy atom. The normalized spacial score (nSPS) is 24.5. The molecule has 1 atom stereocenters. The molecule has 23 heavy (non-hydrogen) atoms. The second-order valence-electron chi connectivity index (χ2n) is 6.39. The van der Waals surface area contributed by atoms with Crippen molar-refractivity contribution in [3.63, 3.8) is 0 Å². The van der Waals surface area contributed by atoms with Crippen molar-refractivity contribution in [3.05, 3.63) is 29.8 Å². The fourth-order valence-corrected chi connectivity index (χ4v) is 4.19. The number of anilines is 1. The summed E-state index contributed by atoms with van der Waals surface area (Å²) in [5.74, 6) is -0.851. The first-order valence-electron chi connectivity index (χ1n) is 7.77. The Hall–Kier alpha value is -1.60. The Labute approximate surface area is 137 Å². The van der Waals surface area contributed by atoms with Gasteiger partial charge in [-0.05, 0) is 31.4 Å². The van der Waals surface area contributed by atoms with Gasteiger partial charge in [0, 0.05) is 48.3 Å². The van der Waals surface area contributed by atoms with E-state index in [1.165, 1.54) is 30.1 Å². The summed E-state index contributed by atoms with van der Waals surface area (Å²) in [4.78, 5) is 6.70. The minimum absolute atomic E-state index is 0.231. The fraction of sp³-hybridized carbons (Fsp3) is 0.500. The molecule has 2 aliphatic heterocycles. The van der Waals surface area contributed by atoms with E-state index in [1.807, 2.05) is 0 Å². The number of rotatable bonds is 2. The summed E-state index contributed by atoms with van der Waals surface area (Å²) in [6.07, 6.45) is 3.39. The van der Waals surface area contributed by atoms with Crippen molar-refractivity contribution in [2.75, 3.05) is 31.2 Å². The van der Waals surface area contributed by atoms with Crippen LogP contribution in [0.3, 0.4) is 0 Å². The van der Waals surface area contributed by atoms with Crippen LogP contribution in [0.5, 0.6) is 0 Å². The van der Waals surface area contributed by atoms with Gasteiger partial charge in [-0.2, -0.15) is 9.36 Å². The topological polar surface area (TPSA) is 38.2 Å². The second-order valence-corrected chi connectivity index (χ2v) is 7.12. The van der Waals surface area contributed by atoms with E-state index in [1.54, 1.807) is 0 Å². The van der Waals surface area contributed by atoms with E-state index in [0.29, 0.717) is 11.4 Å². The number of benzene rings is 1. The standard InChI is InChI=1S/C16H17F2N3OS/c17-12-6-11(7-13(18)8-12)14-19-15(23-20-14)21-4-3-16(9-21)2-1-5-22-10-16/h6-8H,1-5,9-10H2. The Kier molecular flexibility index (Phi) is 3.77. The fourth-order valence-electron chi connectivity index (χ4n) is 3.47. The van der Waals surface area contributed by atoms with Crippen LogP contribution in [0.25, 0.3) is 11.4 Å². The smallest absolute Gasteiger partial charge is 0.205 e. The highest BCUT2D eigenvalue weighted by Crippen LogP contribution is 2.40. The molecule has 2 saturated heterocycles. The lowest BCUT2D eigenvalue weighted by Crippen LogP contribution is -2.35. The van der Waals surface area contributed by atoms with Crippen LogP contribution in [-0.4, -0.2) is 35.7 Å². The van der Waals surface area contributed by atoms with Crippen molar-refractivity contribution in [3.8, 4) is 11.4 Å². The molecule has 1 aromatic heterocycles. The highest BCUT2D eigenvalue weighted by atomic mass is 32.1. The minimum atomic E-state index is -0.615. The van der Waals surface area contributed by atoms with Gasteiger partial charge in [0.05, 0.1) is 6.61 Å². The zero-order valence-corrected chi connectivity index (χ0v) is 13.4. The van der Waals surface area contributed by atoms with Gasteiger partial charge in [0.1, 0.15) is 11.6 Å². The second kappa shape index (κ2) is 5.79. The lowest BCUT2D eigenvalue weighted by Gasteiger charge is -2.32. The predicted octanol–water partition coefficient (Wildman–Crippen LogP) is 3.49. The largest absolute Gasteiger partial charge is 0.381 e. The summed E-state index contributed by atoms with van der Waals surface area (Å²) >= 11 is 1.28. The molecule has 2 aromatic rings. The molecule has 0 radical (unpaired) electrons. The molecule has 1 aromatic carbocycles. The SMILES string of the molecule is Fc1cc(F)cc(-c2nsc(N3CCC4(CCCOC4)C3)n2)c1.